The van der Waals surface area contributed by atoms with E-state index in [9.17, 15) is 4.79 Å². The van der Waals surface area contributed by atoms with Crippen molar-refractivity contribution in [1.29, 1.82) is 0 Å². The summed E-state index contributed by atoms with van der Waals surface area (Å²) in [4.78, 5) is 11.1. The Morgan fingerprint density at radius 2 is 1.83 bits per heavy atom. The maximum Gasteiger partial charge on any atom is 0.336 e. The van der Waals surface area contributed by atoms with Gasteiger partial charge in [0.15, 0.2) is 0 Å². The molecule has 4 heteroatoms. The van der Waals surface area contributed by atoms with Gasteiger partial charge in [0.25, 0.3) is 0 Å². The van der Waals surface area contributed by atoms with Gasteiger partial charge >= 0.3 is 5.97 Å². The Bertz CT molecular complexity index is 435. The van der Waals surface area contributed by atoms with Crippen molar-refractivity contribution >= 4 is 12.2 Å². The molecule has 0 spiro atoms. The normalized spacial score (nSPS) is 16.8. The molecule has 0 radical (unpaired) electrons. The van der Waals surface area contributed by atoms with E-state index in [2.05, 4.69) is 5.10 Å². The number of hydrogen-bond donors (Lipinski definition) is 1. The Labute approximate surface area is 107 Å². The zero-order valence-corrected chi connectivity index (χ0v) is 10.4. The van der Waals surface area contributed by atoms with Crippen LogP contribution in [0.2, 0.25) is 0 Å². The molecule has 2 rings (SSSR count). The van der Waals surface area contributed by atoms with E-state index in [-0.39, 0.29) is 0 Å². The van der Waals surface area contributed by atoms with Crippen LogP contribution in [0.1, 0.15) is 41.6 Å². The van der Waals surface area contributed by atoms with Crippen molar-refractivity contribution in [1.82, 2.24) is 5.01 Å². The molecule has 0 aromatic heterocycles. The van der Waals surface area contributed by atoms with Crippen LogP contribution in [0.3, 0.4) is 0 Å². The van der Waals surface area contributed by atoms with Crippen LogP contribution in [0, 0.1) is 0 Å². The van der Waals surface area contributed by atoms with Gasteiger partial charge < -0.3 is 5.11 Å². The molecule has 0 aliphatic carbocycles. The van der Waals surface area contributed by atoms with Gasteiger partial charge in [-0.3, -0.25) is 5.01 Å². The fraction of sp³-hybridized carbons (Fsp3) is 0.429. The summed E-state index contributed by atoms with van der Waals surface area (Å²) >= 11 is 0. The van der Waals surface area contributed by atoms with E-state index in [1.54, 1.807) is 24.4 Å². The molecule has 0 unspecified atom stereocenters. The Balaban J connectivity index is 2.10. The topological polar surface area (TPSA) is 52.9 Å². The van der Waals surface area contributed by atoms with Crippen LogP contribution < -0.4 is 0 Å². The summed E-state index contributed by atoms with van der Waals surface area (Å²) in [6, 6.07) is 6.94. The fourth-order valence-corrected chi connectivity index (χ4v) is 2.12. The van der Waals surface area contributed by atoms with Gasteiger partial charge in [-0.25, -0.2) is 4.79 Å². The third-order valence-corrected chi connectivity index (χ3v) is 3.13. The molecule has 96 valence electrons. The second-order valence-electron chi connectivity index (χ2n) is 4.50. The number of carbonyl (C=O) groups is 1. The zero-order chi connectivity index (χ0) is 12.8. The summed E-state index contributed by atoms with van der Waals surface area (Å²) < 4.78 is 0. The first-order valence-corrected chi connectivity index (χ1v) is 6.38. The summed E-state index contributed by atoms with van der Waals surface area (Å²) in [6.45, 7) is 1.93. The summed E-state index contributed by atoms with van der Waals surface area (Å²) in [6.07, 6.45) is 6.51. The van der Waals surface area contributed by atoms with Crippen molar-refractivity contribution < 1.29 is 9.90 Å². The molecule has 1 aliphatic rings. The van der Waals surface area contributed by atoms with Crippen LogP contribution in [-0.2, 0) is 0 Å². The second-order valence-corrected chi connectivity index (χ2v) is 4.50. The predicted octanol–water partition coefficient (Wildman–Crippen LogP) is 2.59. The molecule has 1 fully saturated rings. The number of carboxylic acid groups (broad SMARTS) is 1. The third kappa shape index (κ3) is 3.32. The Hall–Kier alpha value is -1.84. The highest BCUT2D eigenvalue weighted by Gasteiger charge is 2.08. The highest BCUT2D eigenvalue weighted by atomic mass is 16.4. The highest BCUT2D eigenvalue weighted by molar-refractivity contribution is 5.98. The smallest absolute Gasteiger partial charge is 0.336 e. The van der Waals surface area contributed by atoms with Crippen LogP contribution in [0.15, 0.2) is 29.4 Å². The third-order valence-electron chi connectivity index (χ3n) is 3.13. The van der Waals surface area contributed by atoms with Gasteiger partial charge in [0.2, 0.25) is 0 Å². The minimum atomic E-state index is -0.909. The van der Waals surface area contributed by atoms with E-state index in [0.717, 1.165) is 25.9 Å². The van der Waals surface area contributed by atoms with Crippen LogP contribution in [-0.4, -0.2) is 35.4 Å². The van der Waals surface area contributed by atoms with Gasteiger partial charge in [-0.2, -0.15) is 5.10 Å². The lowest BCUT2D eigenvalue weighted by molar-refractivity contribution is 0.0696. The summed E-state index contributed by atoms with van der Waals surface area (Å²) in [5, 5.41) is 15.5. The zero-order valence-electron chi connectivity index (χ0n) is 10.4. The SMILES string of the molecule is O=C(O)c1ccccc1/C=N/N1CCCCCC1. The average Bonchev–Trinajstić information content (AvgIpc) is 2.65. The quantitative estimate of drug-likeness (QED) is 0.834. The standard InChI is InChI=1S/C14H18N2O2/c17-14(18)13-8-4-3-7-12(13)11-15-16-9-5-1-2-6-10-16/h3-4,7-8,11H,1-2,5-6,9-10H2,(H,17,18)/b15-11+. The van der Waals surface area contributed by atoms with Gasteiger partial charge in [-0.15, -0.1) is 0 Å². The van der Waals surface area contributed by atoms with Crippen LogP contribution in [0.4, 0.5) is 0 Å². The predicted molar refractivity (Wildman–Crippen MR) is 71.0 cm³/mol. The fourth-order valence-electron chi connectivity index (χ4n) is 2.12. The Kier molecular flexibility index (Phi) is 4.34. The van der Waals surface area contributed by atoms with Crippen molar-refractivity contribution in [2.24, 2.45) is 5.10 Å². The van der Waals surface area contributed by atoms with E-state index in [1.165, 1.54) is 12.8 Å². The number of hydrazone groups is 1. The van der Waals surface area contributed by atoms with Crippen molar-refractivity contribution in [3.05, 3.63) is 35.4 Å². The van der Waals surface area contributed by atoms with Crippen molar-refractivity contribution in [2.75, 3.05) is 13.1 Å². The first kappa shape index (κ1) is 12.6. The highest BCUT2D eigenvalue weighted by Crippen LogP contribution is 2.11. The average molecular weight is 246 g/mol. The van der Waals surface area contributed by atoms with Crippen molar-refractivity contribution in [3.63, 3.8) is 0 Å². The maximum atomic E-state index is 11.1. The molecule has 1 N–H and O–H groups in total. The van der Waals surface area contributed by atoms with E-state index >= 15 is 0 Å². The molecule has 18 heavy (non-hydrogen) atoms. The van der Waals surface area contributed by atoms with Crippen LogP contribution in [0.5, 0.6) is 0 Å². The van der Waals surface area contributed by atoms with Gasteiger partial charge in [0, 0.05) is 18.7 Å². The van der Waals surface area contributed by atoms with Crippen molar-refractivity contribution in [3.8, 4) is 0 Å². The Morgan fingerprint density at radius 1 is 1.17 bits per heavy atom. The minimum Gasteiger partial charge on any atom is -0.478 e. The number of carboxylic acids is 1. The summed E-state index contributed by atoms with van der Waals surface area (Å²) in [5.41, 5.74) is 0.963. The summed E-state index contributed by atoms with van der Waals surface area (Å²) in [7, 11) is 0. The molecule has 0 saturated carbocycles. The van der Waals surface area contributed by atoms with E-state index in [1.807, 2.05) is 11.1 Å². The van der Waals surface area contributed by atoms with E-state index < -0.39 is 5.97 Å². The molecule has 1 saturated heterocycles. The van der Waals surface area contributed by atoms with Gasteiger partial charge in [0.1, 0.15) is 0 Å². The van der Waals surface area contributed by atoms with Crippen LogP contribution >= 0.6 is 0 Å². The largest absolute Gasteiger partial charge is 0.478 e. The monoisotopic (exact) mass is 246 g/mol. The maximum absolute atomic E-state index is 11.1. The first-order valence-electron chi connectivity index (χ1n) is 6.38. The lowest BCUT2D eigenvalue weighted by Crippen LogP contribution is -2.18. The molecule has 1 heterocycles. The molecule has 1 aromatic rings. The molecule has 0 amide bonds. The molecule has 0 atom stereocenters. The van der Waals surface area contributed by atoms with E-state index in [0.29, 0.717) is 11.1 Å². The second kappa shape index (κ2) is 6.19. The molecule has 0 bridgehead atoms. The molecular formula is C14H18N2O2. The van der Waals surface area contributed by atoms with Crippen LogP contribution in [0.25, 0.3) is 0 Å². The first-order chi connectivity index (χ1) is 8.77. The molecule has 1 aliphatic heterocycles. The van der Waals surface area contributed by atoms with E-state index in [4.69, 9.17) is 5.11 Å². The van der Waals surface area contributed by atoms with Crippen molar-refractivity contribution in [2.45, 2.75) is 25.7 Å². The lowest BCUT2D eigenvalue weighted by Gasteiger charge is -2.15. The number of nitrogens with zero attached hydrogens (tertiary/aromatic N) is 2. The number of aromatic carboxylic acids is 1. The number of benzene rings is 1. The van der Waals surface area contributed by atoms with Gasteiger partial charge in [-0.1, -0.05) is 31.0 Å². The molecule has 1 aromatic carbocycles. The Morgan fingerprint density at radius 3 is 2.50 bits per heavy atom. The molecular weight excluding hydrogens is 228 g/mol. The minimum absolute atomic E-state index is 0.302. The summed E-state index contributed by atoms with van der Waals surface area (Å²) in [5.74, 6) is -0.909. The number of rotatable bonds is 3. The van der Waals surface area contributed by atoms with Gasteiger partial charge in [0.05, 0.1) is 11.8 Å². The molecule has 4 nitrogen and oxygen atoms in total. The lowest BCUT2D eigenvalue weighted by atomic mass is 10.1. The van der Waals surface area contributed by atoms with Gasteiger partial charge in [-0.05, 0) is 18.9 Å². The number of hydrogen-bond acceptors (Lipinski definition) is 3.